The van der Waals surface area contributed by atoms with Gasteiger partial charge in [-0.25, -0.2) is 4.68 Å². The molecule has 0 spiro atoms. The molecule has 7 nitrogen and oxygen atoms in total. The normalized spacial score (nSPS) is 11.5. The van der Waals surface area contributed by atoms with E-state index in [1.54, 1.807) is 39.8 Å². The summed E-state index contributed by atoms with van der Waals surface area (Å²) in [5, 5.41) is 9.26. The first-order valence-corrected chi connectivity index (χ1v) is 10.3. The van der Waals surface area contributed by atoms with E-state index in [9.17, 15) is 4.79 Å². The van der Waals surface area contributed by atoms with Gasteiger partial charge in [-0.1, -0.05) is 44.5 Å². The van der Waals surface area contributed by atoms with Crippen molar-refractivity contribution in [1.29, 1.82) is 0 Å². The Morgan fingerprint density at radius 2 is 1.83 bits per heavy atom. The van der Waals surface area contributed by atoms with E-state index < -0.39 is 0 Å². The van der Waals surface area contributed by atoms with Crippen LogP contribution in [0.15, 0.2) is 42.7 Å². The quantitative estimate of drug-likeness (QED) is 0.559. The van der Waals surface area contributed by atoms with Gasteiger partial charge in [0, 0.05) is 26.0 Å². The number of rotatable bonds is 7. The Balaban J connectivity index is 1.58. The molecule has 3 aromatic rings. The van der Waals surface area contributed by atoms with Crippen molar-refractivity contribution in [3.05, 3.63) is 64.7 Å². The molecule has 2 heterocycles. The molecule has 1 amide bonds. The standard InChI is InChI=1S/C22H28ClN5O2/c1-6-27-13-18(23)20(25-27)14-26(5)21(29)19-11-12-28(24-19)15-30-17-9-7-16(8-10-17)22(2,3)4/h7-13H,6,14-15H2,1-5H3. The van der Waals surface area contributed by atoms with E-state index in [1.165, 1.54) is 5.56 Å². The summed E-state index contributed by atoms with van der Waals surface area (Å²) in [5.41, 5.74) is 2.35. The fraction of sp³-hybridized carbons (Fsp3) is 0.409. The van der Waals surface area contributed by atoms with Crippen LogP contribution in [0.25, 0.3) is 0 Å². The summed E-state index contributed by atoms with van der Waals surface area (Å²) in [6, 6.07) is 9.70. The monoisotopic (exact) mass is 429 g/mol. The highest BCUT2D eigenvalue weighted by molar-refractivity contribution is 6.31. The molecule has 30 heavy (non-hydrogen) atoms. The third-order valence-electron chi connectivity index (χ3n) is 4.79. The minimum atomic E-state index is -0.203. The van der Waals surface area contributed by atoms with Crippen LogP contribution in [0.4, 0.5) is 0 Å². The van der Waals surface area contributed by atoms with Crippen molar-refractivity contribution in [3.8, 4) is 5.75 Å². The average Bonchev–Trinajstić information content (AvgIpc) is 3.32. The Morgan fingerprint density at radius 3 is 2.43 bits per heavy atom. The van der Waals surface area contributed by atoms with Gasteiger partial charge in [-0.2, -0.15) is 10.2 Å². The van der Waals surface area contributed by atoms with E-state index in [1.807, 2.05) is 19.1 Å². The van der Waals surface area contributed by atoms with E-state index in [0.717, 1.165) is 12.3 Å². The molecule has 2 aromatic heterocycles. The zero-order valence-corrected chi connectivity index (χ0v) is 18.8. The lowest BCUT2D eigenvalue weighted by atomic mass is 9.87. The zero-order valence-electron chi connectivity index (χ0n) is 18.1. The molecule has 8 heteroatoms. The van der Waals surface area contributed by atoms with Crippen LogP contribution in [-0.2, 0) is 25.2 Å². The second kappa shape index (κ2) is 8.92. The third kappa shape index (κ3) is 5.21. The van der Waals surface area contributed by atoms with Crippen molar-refractivity contribution in [2.24, 2.45) is 0 Å². The molecule has 0 N–H and O–H groups in total. The number of carbonyl (C=O) groups excluding carboxylic acids is 1. The van der Waals surface area contributed by atoms with Crippen LogP contribution in [0.3, 0.4) is 0 Å². The average molecular weight is 430 g/mol. The lowest BCUT2D eigenvalue weighted by Crippen LogP contribution is -2.27. The molecule has 0 bridgehead atoms. The molecule has 0 fully saturated rings. The maximum absolute atomic E-state index is 12.7. The number of benzene rings is 1. The van der Waals surface area contributed by atoms with Gasteiger partial charge in [0.15, 0.2) is 12.4 Å². The van der Waals surface area contributed by atoms with Gasteiger partial charge >= 0.3 is 0 Å². The van der Waals surface area contributed by atoms with Crippen LogP contribution < -0.4 is 4.74 Å². The molecular formula is C22H28ClN5O2. The van der Waals surface area contributed by atoms with E-state index in [0.29, 0.717) is 23.0 Å². The molecule has 0 aliphatic carbocycles. The summed E-state index contributed by atoms with van der Waals surface area (Å²) < 4.78 is 9.13. The summed E-state index contributed by atoms with van der Waals surface area (Å²) in [4.78, 5) is 14.2. The van der Waals surface area contributed by atoms with E-state index in [4.69, 9.17) is 16.3 Å². The van der Waals surface area contributed by atoms with Crippen LogP contribution in [0.2, 0.25) is 5.02 Å². The van der Waals surface area contributed by atoms with Crippen LogP contribution in [0, 0.1) is 0 Å². The van der Waals surface area contributed by atoms with Crippen LogP contribution in [-0.4, -0.2) is 37.4 Å². The van der Waals surface area contributed by atoms with Crippen LogP contribution in [0.1, 0.15) is 49.4 Å². The lowest BCUT2D eigenvalue weighted by Gasteiger charge is -2.19. The van der Waals surface area contributed by atoms with E-state index in [2.05, 4.69) is 43.1 Å². The highest BCUT2D eigenvalue weighted by atomic mass is 35.5. The second-order valence-electron chi connectivity index (χ2n) is 8.23. The fourth-order valence-corrected chi connectivity index (χ4v) is 3.15. The Labute approximate surface area is 182 Å². The molecule has 0 unspecified atom stereocenters. The highest BCUT2D eigenvalue weighted by Gasteiger charge is 2.18. The number of ether oxygens (including phenoxy) is 1. The van der Waals surface area contributed by atoms with Crippen molar-refractivity contribution >= 4 is 17.5 Å². The molecular weight excluding hydrogens is 402 g/mol. The van der Waals surface area contributed by atoms with E-state index >= 15 is 0 Å². The van der Waals surface area contributed by atoms with Crippen molar-refractivity contribution in [1.82, 2.24) is 24.5 Å². The maximum atomic E-state index is 12.7. The second-order valence-corrected chi connectivity index (χ2v) is 8.64. The first kappa shape index (κ1) is 21.9. The predicted molar refractivity (Wildman–Crippen MR) is 117 cm³/mol. The number of aromatic nitrogens is 4. The molecule has 3 rings (SSSR count). The summed E-state index contributed by atoms with van der Waals surface area (Å²) in [5.74, 6) is 0.551. The summed E-state index contributed by atoms with van der Waals surface area (Å²) >= 11 is 6.20. The smallest absolute Gasteiger partial charge is 0.274 e. The lowest BCUT2D eigenvalue weighted by molar-refractivity contribution is 0.0775. The van der Waals surface area contributed by atoms with Gasteiger partial charge in [-0.05, 0) is 36.1 Å². The molecule has 0 radical (unpaired) electrons. The van der Waals surface area contributed by atoms with Crippen molar-refractivity contribution < 1.29 is 9.53 Å². The van der Waals surface area contributed by atoms with Gasteiger partial charge in [0.1, 0.15) is 11.4 Å². The van der Waals surface area contributed by atoms with E-state index in [-0.39, 0.29) is 18.1 Å². The molecule has 0 saturated heterocycles. The van der Waals surface area contributed by atoms with Gasteiger partial charge < -0.3 is 9.64 Å². The molecule has 1 aromatic carbocycles. The molecule has 0 atom stereocenters. The maximum Gasteiger partial charge on any atom is 0.274 e. The Kier molecular flexibility index (Phi) is 6.51. The van der Waals surface area contributed by atoms with Gasteiger partial charge in [0.2, 0.25) is 0 Å². The van der Waals surface area contributed by atoms with Gasteiger partial charge in [0.05, 0.1) is 11.6 Å². The molecule has 0 aliphatic rings. The number of hydrogen-bond acceptors (Lipinski definition) is 4. The summed E-state index contributed by atoms with van der Waals surface area (Å²) in [6.07, 6.45) is 3.48. The largest absolute Gasteiger partial charge is 0.471 e. The number of hydrogen-bond donors (Lipinski definition) is 0. The minimum Gasteiger partial charge on any atom is -0.471 e. The first-order valence-electron chi connectivity index (χ1n) is 9.91. The number of aryl methyl sites for hydroxylation is 1. The van der Waals surface area contributed by atoms with Gasteiger partial charge in [-0.15, -0.1) is 0 Å². The number of nitrogens with zero attached hydrogens (tertiary/aromatic N) is 5. The Hall–Kier alpha value is -2.80. The molecule has 0 aliphatic heterocycles. The zero-order chi connectivity index (χ0) is 21.9. The Bertz CT molecular complexity index is 1000. The third-order valence-corrected chi connectivity index (χ3v) is 5.10. The van der Waals surface area contributed by atoms with Gasteiger partial charge in [-0.3, -0.25) is 9.48 Å². The van der Waals surface area contributed by atoms with Crippen LogP contribution in [0.5, 0.6) is 5.75 Å². The van der Waals surface area contributed by atoms with Crippen molar-refractivity contribution in [2.75, 3.05) is 7.05 Å². The van der Waals surface area contributed by atoms with Gasteiger partial charge in [0.25, 0.3) is 5.91 Å². The van der Waals surface area contributed by atoms with Crippen LogP contribution >= 0.6 is 11.6 Å². The SMILES string of the molecule is CCn1cc(Cl)c(CN(C)C(=O)c2ccn(COc3ccc(C(C)(C)C)cc3)n2)n1. The minimum absolute atomic E-state index is 0.0979. The Morgan fingerprint density at radius 1 is 1.13 bits per heavy atom. The molecule has 0 saturated carbocycles. The number of carbonyl (C=O) groups is 1. The molecule has 160 valence electrons. The topological polar surface area (TPSA) is 65.2 Å². The predicted octanol–water partition coefficient (Wildman–Crippen LogP) is 4.36. The number of amides is 1. The summed E-state index contributed by atoms with van der Waals surface area (Å²) in [7, 11) is 1.70. The summed E-state index contributed by atoms with van der Waals surface area (Å²) in [6.45, 7) is 9.76. The van der Waals surface area contributed by atoms with Crippen molar-refractivity contribution in [3.63, 3.8) is 0 Å². The van der Waals surface area contributed by atoms with Crippen molar-refractivity contribution in [2.45, 2.75) is 52.9 Å². The number of halogens is 1. The first-order chi connectivity index (χ1) is 14.2. The fourth-order valence-electron chi connectivity index (χ4n) is 2.94. The highest BCUT2D eigenvalue weighted by Crippen LogP contribution is 2.24.